The Balaban J connectivity index is 1.60. The Morgan fingerprint density at radius 3 is 2.47 bits per heavy atom. The van der Waals surface area contributed by atoms with Crippen LogP contribution < -0.4 is 15.2 Å². The van der Waals surface area contributed by atoms with Crippen LogP contribution >= 0.6 is 0 Å². The van der Waals surface area contributed by atoms with Crippen LogP contribution in [0.3, 0.4) is 0 Å². The Morgan fingerprint density at radius 1 is 0.941 bits per heavy atom. The highest BCUT2D eigenvalue weighted by Crippen LogP contribution is 2.35. The van der Waals surface area contributed by atoms with Crippen LogP contribution in [0.5, 0.6) is 5.75 Å². The van der Waals surface area contributed by atoms with E-state index in [1.165, 1.54) is 0 Å². The fraction of sp³-hybridized carbons (Fsp3) is 0.222. The number of pyridine rings is 1. The number of fused-ring (bicyclic) bond motifs is 1. The lowest BCUT2D eigenvalue weighted by Crippen LogP contribution is -2.47. The number of hydrogen-bond acceptors (Lipinski definition) is 6. The van der Waals surface area contributed by atoms with Crippen molar-refractivity contribution in [2.24, 2.45) is 0 Å². The Morgan fingerprint density at radius 2 is 1.71 bits per heavy atom. The van der Waals surface area contributed by atoms with Crippen LogP contribution in [0.15, 0.2) is 83.8 Å². The number of nitrogens with zero attached hydrogens (tertiary/aromatic N) is 5. The van der Waals surface area contributed by atoms with Crippen molar-refractivity contribution in [3.63, 3.8) is 0 Å². The van der Waals surface area contributed by atoms with Crippen LogP contribution in [0.25, 0.3) is 0 Å². The molecule has 7 nitrogen and oxygen atoms in total. The van der Waals surface area contributed by atoms with E-state index in [1.807, 2.05) is 84.6 Å². The molecule has 3 heterocycles. The van der Waals surface area contributed by atoms with Crippen LogP contribution in [-0.4, -0.2) is 33.2 Å². The summed E-state index contributed by atoms with van der Waals surface area (Å²) in [7, 11) is 1.66. The number of anilines is 2. The van der Waals surface area contributed by atoms with E-state index < -0.39 is 0 Å². The third-order valence-electron chi connectivity index (χ3n) is 6.08. The van der Waals surface area contributed by atoms with Gasteiger partial charge in [0.25, 0.3) is 5.56 Å². The molecule has 0 fully saturated rings. The SMILES string of the molecule is COc1ccccc1N1CN(Cc2ccccn2)Cn2c1nc(C)c(Cc1ccccc1)c2=O. The molecule has 0 N–H and O–H groups in total. The molecule has 172 valence electrons. The summed E-state index contributed by atoms with van der Waals surface area (Å²) < 4.78 is 7.41. The standard InChI is InChI=1S/C27H27N5O2/c1-20-23(16-21-10-4-3-5-11-21)26(33)32-19-30(17-22-12-8-9-15-28-22)18-31(27(32)29-20)24-13-6-7-14-25(24)34-2/h3-15H,16-19H2,1-2H3. The van der Waals surface area contributed by atoms with Gasteiger partial charge in [-0.15, -0.1) is 0 Å². The molecule has 34 heavy (non-hydrogen) atoms. The summed E-state index contributed by atoms with van der Waals surface area (Å²) in [6, 6.07) is 23.7. The van der Waals surface area contributed by atoms with Gasteiger partial charge in [-0.05, 0) is 36.8 Å². The molecular formula is C27H27N5O2. The van der Waals surface area contributed by atoms with Crippen molar-refractivity contribution in [3.8, 4) is 5.75 Å². The van der Waals surface area contributed by atoms with Crippen LogP contribution in [0.2, 0.25) is 0 Å². The van der Waals surface area contributed by atoms with Crippen molar-refractivity contribution in [3.05, 3.63) is 112 Å². The zero-order valence-corrected chi connectivity index (χ0v) is 19.4. The number of aryl methyl sites for hydroxylation is 1. The topological polar surface area (TPSA) is 63.5 Å². The molecule has 0 radical (unpaired) electrons. The van der Waals surface area contributed by atoms with E-state index in [-0.39, 0.29) is 5.56 Å². The average Bonchev–Trinajstić information content (AvgIpc) is 2.88. The predicted octanol–water partition coefficient (Wildman–Crippen LogP) is 4.12. The molecule has 5 rings (SSSR count). The van der Waals surface area contributed by atoms with Crippen molar-refractivity contribution in [1.82, 2.24) is 19.4 Å². The summed E-state index contributed by atoms with van der Waals surface area (Å²) in [4.78, 5) is 27.4. The van der Waals surface area contributed by atoms with E-state index in [9.17, 15) is 4.79 Å². The highest BCUT2D eigenvalue weighted by molar-refractivity contribution is 5.66. The highest BCUT2D eigenvalue weighted by atomic mass is 16.5. The molecule has 0 atom stereocenters. The fourth-order valence-electron chi connectivity index (χ4n) is 4.39. The first-order valence-corrected chi connectivity index (χ1v) is 11.3. The molecule has 0 unspecified atom stereocenters. The lowest BCUT2D eigenvalue weighted by molar-refractivity contribution is 0.187. The van der Waals surface area contributed by atoms with Crippen LogP contribution in [0.4, 0.5) is 11.6 Å². The second-order valence-electron chi connectivity index (χ2n) is 8.40. The molecule has 2 aromatic heterocycles. The summed E-state index contributed by atoms with van der Waals surface area (Å²) in [5, 5.41) is 0. The van der Waals surface area contributed by atoms with E-state index in [0.29, 0.717) is 32.3 Å². The summed E-state index contributed by atoms with van der Waals surface area (Å²) in [5.41, 5.74) is 4.35. The van der Waals surface area contributed by atoms with Gasteiger partial charge in [-0.3, -0.25) is 24.1 Å². The number of benzene rings is 2. The zero-order chi connectivity index (χ0) is 23.5. The Labute approximate surface area is 198 Å². The average molecular weight is 454 g/mol. The van der Waals surface area contributed by atoms with Crippen molar-refractivity contribution in [2.75, 3.05) is 18.7 Å². The van der Waals surface area contributed by atoms with Crippen molar-refractivity contribution in [1.29, 1.82) is 0 Å². The minimum absolute atomic E-state index is 0.0167. The first kappa shape index (κ1) is 21.9. The minimum Gasteiger partial charge on any atom is -0.495 e. The summed E-state index contributed by atoms with van der Waals surface area (Å²) >= 11 is 0. The number of para-hydroxylation sites is 2. The largest absolute Gasteiger partial charge is 0.495 e. The number of methoxy groups -OCH3 is 1. The third kappa shape index (κ3) is 4.30. The van der Waals surface area contributed by atoms with Gasteiger partial charge < -0.3 is 4.74 Å². The van der Waals surface area contributed by atoms with E-state index in [2.05, 4.69) is 9.88 Å². The normalized spacial score (nSPS) is 13.5. The van der Waals surface area contributed by atoms with Crippen LogP contribution in [0, 0.1) is 6.92 Å². The van der Waals surface area contributed by atoms with Crippen molar-refractivity contribution < 1.29 is 4.74 Å². The maximum absolute atomic E-state index is 13.8. The smallest absolute Gasteiger partial charge is 0.259 e. The fourth-order valence-corrected chi connectivity index (χ4v) is 4.39. The molecule has 4 aromatic rings. The molecule has 1 aliphatic rings. The highest BCUT2D eigenvalue weighted by Gasteiger charge is 2.29. The summed E-state index contributed by atoms with van der Waals surface area (Å²) in [6.45, 7) is 3.52. The van der Waals surface area contributed by atoms with Gasteiger partial charge >= 0.3 is 0 Å². The van der Waals surface area contributed by atoms with E-state index >= 15 is 0 Å². The van der Waals surface area contributed by atoms with Gasteiger partial charge in [0.2, 0.25) is 5.95 Å². The Bertz CT molecular complexity index is 1340. The Kier molecular flexibility index (Phi) is 6.10. The van der Waals surface area contributed by atoms with Gasteiger partial charge in [-0.25, -0.2) is 4.98 Å². The minimum atomic E-state index is -0.0167. The van der Waals surface area contributed by atoms with E-state index in [1.54, 1.807) is 17.9 Å². The first-order valence-electron chi connectivity index (χ1n) is 11.3. The first-order chi connectivity index (χ1) is 16.6. The summed E-state index contributed by atoms with van der Waals surface area (Å²) in [5.74, 6) is 1.36. The van der Waals surface area contributed by atoms with E-state index in [4.69, 9.17) is 9.72 Å². The molecule has 0 aliphatic carbocycles. The molecule has 0 saturated heterocycles. The number of rotatable bonds is 6. The Hall–Kier alpha value is -3.97. The number of aromatic nitrogens is 3. The lowest BCUT2D eigenvalue weighted by Gasteiger charge is -2.38. The second-order valence-corrected chi connectivity index (χ2v) is 8.40. The van der Waals surface area contributed by atoms with Crippen molar-refractivity contribution >= 4 is 11.6 Å². The van der Waals surface area contributed by atoms with E-state index in [0.717, 1.165) is 34.0 Å². The molecule has 0 bridgehead atoms. The number of ether oxygens (including phenoxy) is 1. The van der Waals surface area contributed by atoms with Gasteiger partial charge in [0, 0.05) is 24.7 Å². The molecular weight excluding hydrogens is 426 g/mol. The summed E-state index contributed by atoms with van der Waals surface area (Å²) in [6.07, 6.45) is 2.34. The molecule has 0 saturated carbocycles. The van der Waals surface area contributed by atoms with Gasteiger partial charge in [-0.2, -0.15) is 0 Å². The maximum Gasteiger partial charge on any atom is 0.259 e. The molecule has 0 amide bonds. The zero-order valence-electron chi connectivity index (χ0n) is 19.4. The lowest BCUT2D eigenvalue weighted by atomic mass is 10.1. The third-order valence-corrected chi connectivity index (χ3v) is 6.08. The maximum atomic E-state index is 13.8. The molecule has 0 spiro atoms. The monoisotopic (exact) mass is 453 g/mol. The van der Waals surface area contributed by atoms with Gasteiger partial charge in [0.15, 0.2) is 0 Å². The van der Waals surface area contributed by atoms with Gasteiger partial charge in [0.1, 0.15) is 5.75 Å². The van der Waals surface area contributed by atoms with Gasteiger partial charge in [-0.1, -0.05) is 48.5 Å². The molecule has 7 heteroatoms. The predicted molar refractivity (Wildman–Crippen MR) is 132 cm³/mol. The van der Waals surface area contributed by atoms with Crippen LogP contribution in [0.1, 0.15) is 22.5 Å². The van der Waals surface area contributed by atoms with Crippen LogP contribution in [-0.2, 0) is 19.6 Å². The number of hydrogen-bond donors (Lipinski definition) is 0. The quantitative estimate of drug-likeness (QED) is 0.438. The molecule has 1 aliphatic heterocycles. The molecule has 2 aromatic carbocycles. The second kappa shape index (κ2) is 9.49. The van der Waals surface area contributed by atoms with Gasteiger partial charge in [0.05, 0.1) is 37.5 Å². The van der Waals surface area contributed by atoms with Crippen molar-refractivity contribution in [2.45, 2.75) is 26.6 Å².